The molecule has 0 amide bonds. The molecule has 0 aliphatic rings. The van der Waals surface area contributed by atoms with Gasteiger partial charge in [0.15, 0.2) is 6.10 Å². The fourth-order valence-corrected chi connectivity index (χ4v) is 6.94. The lowest BCUT2D eigenvalue weighted by molar-refractivity contribution is -0.161. The molecule has 1 N–H and O–H groups in total. The Kier molecular flexibility index (Phi) is 42.1. The van der Waals surface area contributed by atoms with Gasteiger partial charge >= 0.3 is 19.8 Å². The van der Waals surface area contributed by atoms with Gasteiger partial charge in [-0.25, -0.2) is 4.57 Å². The maximum Gasteiger partial charge on any atom is 0.472 e. The fourth-order valence-electron chi connectivity index (χ4n) is 6.20. The second-order valence-electron chi connectivity index (χ2n) is 15.9. The van der Waals surface area contributed by atoms with E-state index >= 15 is 0 Å². The van der Waals surface area contributed by atoms with Crippen LogP contribution in [0.1, 0.15) is 194 Å². The van der Waals surface area contributed by atoms with Crippen molar-refractivity contribution in [3.63, 3.8) is 0 Å². The van der Waals surface area contributed by atoms with Crippen LogP contribution in [0.3, 0.4) is 0 Å². The van der Waals surface area contributed by atoms with Gasteiger partial charge in [-0.3, -0.25) is 18.6 Å². The second kappa shape index (κ2) is 43.8. The highest BCUT2D eigenvalue weighted by atomic mass is 31.2. The van der Waals surface area contributed by atoms with Crippen molar-refractivity contribution in [3.05, 3.63) is 60.8 Å². The molecule has 2 atom stereocenters. The second-order valence-corrected chi connectivity index (χ2v) is 17.4. The average Bonchev–Trinajstić information content (AvgIpc) is 3.20. The molecular weight excluding hydrogens is 762 g/mol. The van der Waals surface area contributed by atoms with E-state index in [1.165, 1.54) is 103 Å². The van der Waals surface area contributed by atoms with E-state index in [1.807, 2.05) is 19.0 Å². The molecule has 0 aliphatic carbocycles. The summed E-state index contributed by atoms with van der Waals surface area (Å²) in [6, 6.07) is 0. The van der Waals surface area contributed by atoms with E-state index in [9.17, 15) is 19.0 Å². The number of unbranched alkanes of at least 4 members (excludes halogenated alkanes) is 19. The lowest BCUT2D eigenvalue weighted by Gasteiger charge is -2.20. The molecule has 0 aromatic carbocycles. The predicted octanol–water partition coefficient (Wildman–Crippen LogP) is 13.9. The average molecular weight is 850 g/mol. The number of carbonyl (C=O) groups excluding carboxylic acids is 2. The fraction of sp³-hybridized carbons (Fsp3) is 0.755. The number of likely N-dealkylation sites (N-methyl/N-ethyl adjacent to an activating group) is 1. The zero-order valence-electron chi connectivity index (χ0n) is 38.2. The highest BCUT2D eigenvalue weighted by molar-refractivity contribution is 7.47. The van der Waals surface area contributed by atoms with Crippen LogP contribution in [-0.4, -0.2) is 68.3 Å². The number of ether oxygens (including phenoxy) is 2. The summed E-state index contributed by atoms with van der Waals surface area (Å²) in [7, 11) is -0.738. The van der Waals surface area contributed by atoms with E-state index in [0.29, 0.717) is 13.0 Å². The standard InChI is InChI=1S/C49H88NO8P/c1-5-7-9-11-13-15-17-19-21-22-23-24-25-26-28-29-31-33-35-37-39-41-48(51)55-45-47(46-57-59(53,54)56-44-43-50(3)4)58-49(52)42-40-38-36-34-32-30-27-20-18-16-14-12-10-8-6-2/h8,10,14,16,19-21,27,32,34,47H,5-7,9,11-13,15,17-18,22-26,28-31,33,35-46H2,1-4H3,(H,53,54)/b10-8-,16-14-,21-19-,27-20-,34-32-. The number of hydrogen-bond acceptors (Lipinski definition) is 8. The molecule has 342 valence electrons. The molecule has 0 saturated carbocycles. The van der Waals surface area contributed by atoms with Crippen molar-refractivity contribution >= 4 is 19.8 Å². The van der Waals surface area contributed by atoms with Crippen LogP contribution in [0.2, 0.25) is 0 Å². The normalized spacial score (nSPS) is 13.9. The molecule has 59 heavy (non-hydrogen) atoms. The SMILES string of the molecule is CC/C=C\C/C=C\C/C=C\C/C=C\CCCCC(=O)OC(COC(=O)CCCCCCCCCCCCC/C=C\CCCCCCCC)COP(=O)(O)OCCN(C)C. The van der Waals surface area contributed by atoms with Crippen LogP contribution in [0.15, 0.2) is 60.8 Å². The van der Waals surface area contributed by atoms with Crippen LogP contribution in [0, 0.1) is 0 Å². The number of rotatable bonds is 43. The molecule has 9 nitrogen and oxygen atoms in total. The molecule has 0 heterocycles. The van der Waals surface area contributed by atoms with Crippen LogP contribution in [0.4, 0.5) is 0 Å². The predicted molar refractivity (Wildman–Crippen MR) is 247 cm³/mol. The number of hydrogen-bond donors (Lipinski definition) is 1. The van der Waals surface area contributed by atoms with Gasteiger partial charge in [0.1, 0.15) is 6.61 Å². The summed E-state index contributed by atoms with van der Waals surface area (Å²) in [5.74, 6) is -0.852. The number of nitrogens with zero attached hydrogens (tertiary/aromatic N) is 1. The first-order valence-electron chi connectivity index (χ1n) is 23.6. The van der Waals surface area contributed by atoms with E-state index in [1.54, 1.807) is 0 Å². The molecule has 0 saturated heterocycles. The van der Waals surface area contributed by atoms with Gasteiger partial charge in [-0.1, -0.05) is 164 Å². The Bertz CT molecular complexity index is 1160. The summed E-state index contributed by atoms with van der Waals surface area (Å²) in [5.41, 5.74) is 0. The number of esters is 2. The first kappa shape index (κ1) is 56.7. The van der Waals surface area contributed by atoms with Crippen molar-refractivity contribution < 1.29 is 37.6 Å². The maximum atomic E-state index is 12.7. The van der Waals surface area contributed by atoms with Crippen LogP contribution in [0.25, 0.3) is 0 Å². The van der Waals surface area contributed by atoms with Crippen molar-refractivity contribution in [2.45, 2.75) is 200 Å². The smallest absolute Gasteiger partial charge is 0.462 e. The van der Waals surface area contributed by atoms with Gasteiger partial charge in [0.25, 0.3) is 0 Å². The number of allylic oxidation sites excluding steroid dienone is 10. The van der Waals surface area contributed by atoms with Crippen LogP contribution < -0.4 is 0 Å². The molecule has 0 aliphatic heterocycles. The summed E-state index contributed by atoms with van der Waals surface area (Å²) < 4.78 is 33.5. The summed E-state index contributed by atoms with van der Waals surface area (Å²) in [6.07, 6.45) is 51.3. The Morgan fingerprint density at radius 3 is 1.49 bits per heavy atom. The Hall–Kier alpha value is -2.29. The van der Waals surface area contributed by atoms with E-state index in [-0.39, 0.29) is 32.0 Å². The third-order valence-corrected chi connectivity index (χ3v) is 10.8. The van der Waals surface area contributed by atoms with E-state index in [4.69, 9.17) is 18.5 Å². The van der Waals surface area contributed by atoms with E-state index < -0.39 is 26.5 Å². The Morgan fingerprint density at radius 2 is 0.966 bits per heavy atom. The number of phosphoric acid groups is 1. The third-order valence-electron chi connectivity index (χ3n) is 9.81. The summed E-state index contributed by atoms with van der Waals surface area (Å²) >= 11 is 0. The van der Waals surface area contributed by atoms with Crippen molar-refractivity contribution in [1.82, 2.24) is 4.90 Å². The molecule has 0 radical (unpaired) electrons. The quantitative estimate of drug-likeness (QED) is 0.0277. The minimum Gasteiger partial charge on any atom is -0.462 e. The van der Waals surface area contributed by atoms with Gasteiger partial charge in [-0.15, -0.1) is 0 Å². The van der Waals surface area contributed by atoms with Crippen LogP contribution in [0.5, 0.6) is 0 Å². The zero-order valence-corrected chi connectivity index (χ0v) is 39.1. The molecular formula is C49H88NO8P. The minimum absolute atomic E-state index is 0.00280. The summed E-state index contributed by atoms with van der Waals surface area (Å²) in [5, 5.41) is 0. The molecule has 0 aromatic rings. The lowest BCUT2D eigenvalue weighted by Crippen LogP contribution is -2.29. The van der Waals surface area contributed by atoms with Gasteiger partial charge in [-0.05, 0) is 91.1 Å². The Labute approximate surface area is 362 Å². The van der Waals surface area contributed by atoms with Crippen molar-refractivity contribution in [3.8, 4) is 0 Å². The Morgan fingerprint density at radius 1 is 0.542 bits per heavy atom. The van der Waals surface area contributed by atoms with Crippen molar-refractivity contribution in [2.24, 2.45) is 0 Å². The highest BCUT2D eigenvalue weighted by Gasteiger charge is 2.26. The summed E-state index contributed by atoms with van der Waals surface area (Å²) in [6.45, 7) is 4.16. The van der Waals surface area contributed by atoms with Gasteiger partial charge in [0.05, 0.1) is 13.2 Å². The molecule has 0 spiro atoms. The molecule has 0 aromatic heterocycles. The molecule has 10 heteroatoms. The lowest BCUT2D eigenvalue weighted by atomic mass is 10.0. The van der Waals surface area contributed by atoms with Gasteiger partial charge in [0, 0.05) is 19.4 Å². The van der Waals surface area contributed by atoms with Crippen molar-refractivity contribution in [2.75, 3.05) is 40.5 Å². The van der Waals surface area contributed by atoms with Crippen molar-refractivity contribution in [1.29, 1.82) is 0 Å². The summed E-state index contributed by atoms with van der Waals surface area (Å²) in [4.78, 5) is 37.1. The van der Waals surface area contributed by atoms with Gasteiger partial charge < -0.3 is 19.3 Å². The maximum absolute atomic E-state index is 12.7. The molecule has 0 rings (SSSR count). The number of carbonyl (C=O) groups is 2. The zero-order chi connectivity index (χ0) is 43.3. The van der Waals surface area contributed by atoms with Gasteiger partial charge in [-0.2, -0.15) is 0 Å². The first-order valence-corrected chi connectivity index (χ1v) is 25.1. The molecule has 0 fully saturated rings. The Balaban J connectivity index is 4.25. The molecule has 0 bridgehead atoms. The minimum atomic E-state index is -4.38. The topological polar surface area (TPSA) is 112 Å². The van der Waals surface area contributed by atoms with E-state index in [0.717, 1.165) is 57.8 Å². The van der Waals surface area contributed by atoms with Crippen LogP contribution >= 0.6 is 7.82 Å². The highest BCUT2D eigenvalue weighted by Crippen LogP contribution is 2.43. The third kappa shape index (κ3) is 45.1. The first-order chi connectivity index (χ1) is 28.7. The monoisotopic (exact) mass is 850 g/mol. The number of phosphoric ester groups is 1. The van der Waals surface area contributed by atoms with Gasteiger partial charge in [0.2, 0.25) is 0 Å². The molecule has 2 unspecified atom stereocenters. The largest absolute Gasteiger partial charge is 0.472 e. The van der Waals surface area contributed by atoms with E-state index in [2.05, 4.69) is 74.6 Å². The van der Waals surface area contributed by atoms with Crippen LogP contribution in [-0.2, 0) is 32.7 Å².